The van der Waals surface area contributed by atoms with Crippen LogP contribution in [0.2, 0.25) is 5.28 Å². The van der Waals surface area contributed by atoms with Gasteiger partial charge in [-0.3, -0.25) is 0 Å². The van der Waals surface area contributed by atoms with E-state index in [1.165, 1.54) is 12.1 Å². The van der Waals surface area contributed by atoms with Gasteiger partial charge in [0.05, 0.1) is 6.10 Å². The van der Waals surface area contributed by atoms with Crippen LogP contribution in [-0.2, 0) is 0 Å². The van der Waals surface area contributed by atoms with Crippen molar-refractivity contribution in [3.63, 3.8) is 0 Å². The van der Waals surface area contributed by atoms with Crippen molar-refractivity contribution in [1.29, 1.82) is 0 Å². The minimum absolute atomic E-state index is 0.0221. The fourth-order valence-electron chi connectivity index (χ4n) is 1.54. The van der Waals surface area contributed by atoms with Crippen LogP contribution in [0.1, 0.15) is 13.8 Å². The maximum absolute atomic E-state index is 13.2. The van der Waals surface area contributed by atoms with Crippen LogP contribution in [0, 0.1) is 5.82 Å². The van der Waals surface area contributed by atoms with E-state index in [4.69, 9.17) is 16.3 Å². The van der Waals surface area contributed by atoms with Gasteiger partial charge < -0.3 is 9.64 Å². The average molecular weight is 297 g/mol. The molecule has 0 amide bonds. The van der Waals surface area contributed by atoms with Gasteiger partial charge >= 0.3 is 6.01 Å². The largest absolute Gasteiger partial charge is 0.461 e. The minimum Gasteiger partial charge on any atom is -0.461 e. The van der Waals surface area contributed by atoms with E-state index in [-0.39, 0.29) is 29.2 Å². The van der Waals surface area contributed by atoms with Gasteiger partial charge in [-0.1, -0.05) is 6.07 Å². The Morgan fingerprint density at radius 1 is 1.25 bits per heavy atom. The van der Waals surface area contributed by atoms with E-state index in [0.29, 0.717) is 5.69 Å². The van der Waals surface area contributed by atoms with Gasteiger partial charge in [-0.2, -0.15) is 15.0 Å². The van der Waals surface area contributed by atoms with Crippen LogP contribution in [-0.4, -0.2) is 28.1 Å². The summed E-state index contributed by atoms with van der Waals surface area (Å²) in [6, 6.07) is 6.23. The van der Waals surface area contributed by atoms with Crippen LogP contribution in [0.15, 0.2) is 24.3 Å². The quantitative estimate of drug-likeness (QED) is 0.867. The van der Waals surface area contributed by atoms with Gasteiger partial charge in [0.25, 0.3) is 0 Å². The molecule has 106 valence electrons. The van der Waals surface area contributed by atoms with E-state index in [1.807, 2.05) is 13.8 Å². The maximum Gasteiger partial charge on any atom is 0.322 e. The number of hydrogen-bond acceptors (Lipinski definition) is 5. The molecule has 0 saturated carbocycles. The lowest BCUT2D eigenvalue weighted by Gasteiger charge is -2.18. The van der Waals surface area contributed by atoms with Gasteiger partial charge in [-0.05, 0) is 43.6 Å². The van der Waals surface area contributed by atoms with Gasteiger partial charge in [0.1, 0.15) is 5.82 Å². The summed E-state index contributed by atoms with van der Waals surface area (Å²) in [6.07, 6.45) is -0.0826. The van der Waals surface area contributed by atoms with E-state index >= 15 is 0 Å². The molecular formula is C13H14ClFN4O. The van der Waals surface area contributed by atoms with Crippen molar-refractivity contribution >= 4 is 23.2 Å². The summed E-state index contributed by atoms with van der Waals surface area (Å²) < 4.78 is 18.6. The second kappa shape index (κ2) is 6.00. The smallest absolute Gasteiger partial charge is 0.322 e. The Bertz CT molecular complexity index is 609. The Morgan fingerprint density at radius 3 is 2.65 bits per heavy atom. The first-order chi connectivity index (χ1) is 9.45. The molecule has 0 unspecified atom stereocenters. The number of nitrogens with zero attached hydrogens (tertiary/aromatic N) is 4. The monoisotopic (exact) mass is 296 g/mol. The third kappa shape index (κ3) is 3.54. The molecule has 0 aliphatic rings. The second-order valence-corrected chi connectivity index (χ2v) is 4.73. The van der Waals surface area contributed by atoms with Crippen molar-refractivity contribution in [2.24, 2.45) is 0 Å². The fraction of sp³-hybridized carbons (Fsp3) is 0.308. The molecular weight excluding hydrogens is 283 g/mol. The number of benzene rings is 1. The van der Waals surface area contributed by atoms with Crippen LogP contribution >= 0.6 is 11.6 Å². The summed E-state index contributed by atoms with van der Waals surface area (Å²) in [4.78, 5) is 13.7. The second-order valence-electron chi connectivity index (χ2n) is 4.39. The molecule has 0 bridgehead atoms. The third-order valence-corrected chi connectivity index (χ3v) is 2.58. The third-order valence-electron chi connectivity index (χ3n) is 2.41. The molecule has 2 aromatic rings. The number of halogens is 2. The molecule has 0 spiro atoms. The molecule has 7 heteroatoms. The highest BCUT2D eigenvalue weighted by atomic mass is 35.5. The molecule has 0 radical (unpaired) electrons. The lowest BCUT2D eigenvalue weighted by molar-refractivity contribution is 0.221. The van der Waals surface area contributed by atoms with Crippen LogP contribution in [0.5, 0.6) is 6.01 Å². The SMILES string of the molecule is CC(C)Oc1nc(Cl)nc(N(C)c2cccc(F)c2)n1. The molecule has 0 saturated heterocycles. The molecule has 1 aromatic heterocycles. The Hall–Kier alpha value is -1.95. The van der Waals surface area contributed by atoms with Gasteiger partial charge in [0.2, 0.25) is 11.2 Å². The number of rotatable bonds is 4. The van der Waals surface area contributed by atoms with Crippen molar-refractivity contribution in [3.05, 3.63) is 35.4 Å². The highest BCUT2D eigenvalue weighted by Gasteiger charge is 2.13. The summed E-state index contributed by atoms with van der Waals surface area (Å²) in [5.74, 6) is -0.0561. The van der Waals surface area contributed by atoms with Crippen molar-refractivity contribution in [3.8, 4) is 6.01 Å². The van der Waals surface area contributed by atoms with Gasteiger partial charge in [0.15, 0.2) is 0 Å². The Balaban J connectivity index is 2.34. The summed E-state index contributed by atoms with van der Waals surface area (Å²) in [7, 11) is 1.71. The number of ether oxygens (including phenoxy) is 1. The zero-order chi connectivity index (χ0) is 14.7. The molecule has 1 aromatic carbocycles. The minimum atomic E-state index is -0.340. The first-order valence-electron chi connectivity index (χ1n) is 6.03. The first-order valence-corrected chi connectivity index (χ1v) is 6.41. The molecule has 0 fully saturated rings. The van der Waals surface area contributed by atoms with E-state index in [0.717, 1.165) is 0 Å². The zero-order valence-electron chi connectivity index (χ0n) is 11.3. The highest BCUT2D eigenvalue weighted by molar-refractivity contribution is 6.28. The predicted octanol–water partition coefficient (Wildman–Crippen LogP) is 3.22. The van der Waals surface area contributed by atoms with E-state index in [9.17, 15) is 4.39 Å². The summed E-state index contributed by atoms with van der Waals surface area (Å²) in [5.41, 5.74) is 0.600. The van der Waals surface area contributed by atoms with E-state index < -0.39 is 0 Å². The van der Waals surface area contributed by atoms with Crippen LogP contribution in [0.25, 0.3) is 0 Å². The van der Waals surface area contributed by atoms with Gasteiger partial charge in [0, 0.05) is 12.7 Å². The zero-order valence-corrected chi connectivity index (χ0v) is 12.1. The summed E-state index contributed by atoms with van der Waals surface area (Å²) in [6.45, 7) is 3.71. The number of anilines is 2. The molecule has 20 heavy (non-hydrogen) atoms. The molecule has 2 rings (SSSR count). The normalized spacial score (nSPS) is 10.7. The van der Waals surface area contributed by atoms with Crippen molar-refractivity contribution < 1.29 is 9.13 Å². The molecule has 0 atom stereocenters. The van der Waals surface area contributed by atoms with Crippen LogP contribution in [0.3, 0.4) is 0 Å². The number of hydrogen-bond donors (Lipinski definition) is 0. The highest BCUT2D eigenvalue weighted by Crippen LogP contribution is 2.23. The average Bonchev–Trinajstić information content (AvgIpc) is 2.36. The molecule has 0 N–H and O–H groups in total. The van der Waals surface area contributed by atoms with E-state index in [1.54, 1.807) is 24.1 Å². The van der Waals surface area contributed by atoms with Crippen molar-refractivity contribution in [1.82, 2.24) is 15.0 Å². The van der Waals surface area contributed by atoms with Crippen LogP contribution in [0.4, 0.5) is 16.0 Å². The van der Waals surface area contributed by atoms with Crippen LogP contribution < -0.4 is 9.64 Å². The van der Waals surface area contributed by atoms with E-state index in [2.05, 4.69) is 15.0 Å². The Kier molecular flexibility index (Phi) is 4.34. The summed E-state index contributed by atoms with van der Waals surface area (Å²) >= 11 is 5.85. The topological polar surface area (TPSA) is 51.1 Å². The molecule has 5 nitrogen and oxygen atoms in total. The maximum atomic E-state index is 13.2. The fourth-order valence-corrected chi connectivity index (χ4v) is 1.68. The Morgan fingerprint density at radius 2 is 2.00 bits per heavy atom. The molecule has 1 heterocycles. The Labute approximate surface area is 121 Å². The standard InChI is InChI=1S/C13H14ClFN4O/c1-8(2)20-13-17-11(14)16-12(18-13)19(3)10-6-4-5-9(15)7-10/h4-8H,1-3H3. The lowest BCUT2D eigenvalue weighted by atomic mass is 10.3. The molecule has 0 aliphatic heterocycles. The van der Waals surface area contributed by atoms with Gasteiger partial charge in [-0.25, -0.2) is 4.39 Å². The first kappa shape index (κ1) is 14.5. The predicted molar refractivity (Wildman–Crippen MR) is 75.1 cm³/mol. The summed E-state index contributed by atoms with van der Waals surface area (Å²) in [5, 5.41) is 0.0221. The number of aromatic nitrogens is 3. The lowest BCUT2D eigenvalue weighted by Crippen LogP contribution is -2.16. The van der Waals surface area contributed by atoms with Gasteiger partial charge in [-0.15, -0.1) is 0 Å². The molecule has 0 aliphatic carbocycles. The van der Waals surface area contributed by atoms with Crippen molar-refractivity contribution in [2.45, 2.75) is 20.0 Å². The van der Waals surface area contributed by atoms with Crippen molar-refractivity contribution in [2.75, 3.05) is 11.9 Å².